The molecule has 0 radical (unpaired) electrons. The van der Waals surface area contributed by atoms with E-state index in [0.29, 0.717) is 31.0 Å². The number of carbonyl (C=O) groups excluding carboxylic acids is 1. The molecule has 2 aromatic heterocycles. The molecule has 1 saturated heterocycles. The van der Waals surface area contributed by atoms with Crippen LogP contribution in [-0.4, -0.2) is 46.5 Å². The van der Waals surface area contributed by atoms with E-state index >= 15 is 4.39 Å². The van der Waals surface area contributed by atoms with Gasteiger partial charge in [-0.15, -0.1) is 0 Å². The summed E-state index contributed by atoms with van der Waals surface area (Å²) >= 11 is 3.51. The predicted octanol–water partition coefficient (Wildman–Crippen LogP) is 3.45. The summed E-state index contributed by atoms with van der Waals surface area (Å²) in [5, 5.41) is 4.05. The van der Waals surface area contributed by atoms with Crippen LogP contribution in [0.2, 0.25) is 0 Å². The zero-order valence-electron chi connectivity index (χ0n) is 15.3. The molecule has 1 atom stereocenters. The van der Waals surface area contributed by atoms with Gasteiger partial charge in [-0.05, 0) is 30.3 Å². The summed E-state index contributed by atoms with van der Waals surface area (Å²) in [7, 11) is 0. The van der Waals surface area contributed by atoms with Crippen molar-refractivity contribution in [2.45, 2.75) is 6.04 Å². The molecule has 5 rings (SSSR count). The van der Waals surface area contributed by atoms with Crippen molar-refractivity contribution in [2.75, 3.05) is 24.5 Å². The number of hydrogen-bond acceptors (Lipinski definition) is 5. The molecule has 1 aliphatic heterocycles. The molecule has 0 aliphatic carbocycles. The van der Waals surface area contributed by atoms with Crippen molar-refractivity contribution in [3.05, 3.63) is 59.2 Å². The van der Waals surface area contributed by atoms with Gasteiger partial charge in [-0.2, -0.15) is 0 Å². The van der Waals surface area contributed by atoms with Crippen molar-refractivity contribution in [1.29, 1.82) is 0 Å². The molecule has 6 nitrogen and oxygen atoms in total. The molecule has 0 spiro atoms. The average Bonchev–Trinajstić information content (AvgIpc) is 3.18. The van der Waals surface area contributed by atoms with Gasteiger partial charge in [0.25, 0.3) is 0 Å². The zero-order chi connectivity index (χ0) is 20.0. The second kappa shape index (κ2) is 7.20. The van der Waals surface area contributed by atoms with Gasteiger partial charge >= 0.3 is 0 Å². The van der Waals surface area contributed by atoms with Gasteiger partial charge in [0.2, 0.25) is 0 Å². The Kier molecular flexibility index (Phi) is 4.52. The van der Waals surface area contributed by atoms with Crippen LogP contribution < -0.4 is 10.2 Å². The van der Waals surface area contributed by atoms with E-state index in [0.717, 1.165) is 32.7 Å². The quantitative estimate of drug-likeness (QED) is 0.481. The Hall–Kier alpha value is -2.84. The number of fused-ring (bicyclic) bond motifs is 3. The van der Waals surface area contributed by atoms with E-state index in [1.165, 1.54) is 6.07 Å². The van der Waals surface area contributed by atoms with Crippen molar-refractivity contribution in [1.82, 2.24) is 19.9 Å². The Balaban J connectivity index is 1.60. The number of rotatable bonds is 3. The van der Waals surface area contributed by atoms with Crippen LogP contribution in [0.4, 0.5) is 10.1 Å². The van der Waals surface area contributed by atoms with Crippen molar-refractivity contribution in [3.8, 4) is 5.69 Å². The van der Waals surface area contributed by atoms with Crippen molar-refractivity contribution in [2.24, 2.45) is 0 Å². The van der Waals surface area contributed by atoms with Crippen molar-refractivity contribution < 1.29 is 9.18 Å². The molecule has 1 fully saturated rings. The third-order valence-electron chi connectivity index (χ3n) is 5.26. The summed E-state index contributed by atoms with van der Waals surface area (Å²) in [5.41, 5.74) is 3.66. The normalized spacial score (nSPS) is 17.2. The molecular weight excluding hydrogens is 437 g/mol. The first kappa shape index (κ1) is 18.2. The van der Waals surface area contributed by atoms with Gasteiger partial charge in [0, 0.05) is 35.6 Å². The highest BCUT2D eigenvalue weighted by Gasteiger charge is 2.21. The predicted molar refractivity (Wildman–Crippen MR) is 114 cm³/mol. The Morgan fingerprint density at radius 1 is 1.17 bits per heavy atom. The largest absolute Gasteiger partial charge is 0.366 e. The highest BCUT2D eigenvalue weighted by molar-refractivity contribution is 9.10. The number of aldehydes is 1. The fourth-order valence-electron chi connectivity index (χ4n) is 3.85. The smallest absolute Gasteiger partial charge is 0.148 e. The third kappa shape index (κ3) is 3.18. The summed E-state index contributed by atoms with van der Waals surface area (Å²) in [6.07, 6.45) is 4.29. The van der Waals surface area contributed by atoms with Crippen LogP contribution in [0.3, 0.4) is 0 Å². The molecule has 0 saturated carbocycles. The number of nitrogens with one attached hydrogen (secondary N) is 1. The van der Waals surface area contributed by atoms with Gasteiger partial charge in [-0.3, -0.25) is 9.55 Å². The van der Waals surface area contributed by atoms with E-state index in [1.54, 1.807) is 18.6 Å². The lowest BCUT2D eigenvalue weighted by Crippen LogP contribution is -2.51. The first-order chi connectivity index (χ1) is 14.1. The van der Waals surface area contributed by atoms with Gasteiger partial charge in [0.15, 0.2) is 0 Å². The molecule has 3 heterocycles. The molecule has 29 heavy (non-hydrogen) atoms. The lowest BCUT2D eigenvalue weighted by Gasteiger charge is -2.33. The Bertz CT molecular complexity index is 1240. The summed E-state index contributed by atoms with van der Waals surface area (Å²) in [6.45, 7) is 1.75. The third-order valence-corrected chi connectivity index (χ3v) is 5.75. The molecule has 0 bridgehead atoms. The van der Waals surface area contributed by atoms with E-state index in [2.05, 4.69) is 31.2 Å². The van der Waals surface area contributed by atoms with Crippen molar-refractivity contribution in [3.63, 3.8) is 0 Å². The minimum Gasteiger partial charge on any atom is -0.366 e. The minimum absolute atomic E-state index is 0.280. The van der Waals surface area contributed by atoms with Gasteiger partial charge in [-0.1, -0.05) is 15.9 Å². The van der Waals surface area contributed by atoms with Crippen LogP contribution in [0.5, 0.6) is 0 Å². The molecule has 146 valence electrons. The van der Waals surface area contributed by atoms with Crippen LogP contribution in [0.15, 0.2) is 53.4 Å². The highest BCUT2D eigenvalue weighted by Crippen LogP contribution is 2.30. The number of halogens is 2. The fraction of sp³-hybridized carbons (Fsp3) is 0.190. The number of benzene rings is 2. The van der Waals surface area contributed by atoms with E-state index in [-0.39, 0.29) is 11.9 Å². The van der Waals surface area contributed by atoms with Crippen LogP contribution in [-0.2, 0) is 4.79 Å². The lowest BCUT2D eigenvalue weighted by atomic mass is 10.1. The van der Waals surface area contributed by atoms with Gasteiger partial charge in [-0.25, -0.2) is 9.37 Å². The number of imidazole rings is 1. The van der Waals surface area contributed by atoms with Crippen LogP contribution in [0.25, 0.3) is 27.6 Å². The van der Waals surface area contributed by atoms with Gasteiger partial charge < -0.3 is 15.0 Å². The van der Waals surface area contributed by atoms with Gasteiger partial charge in [0.1, 0.15) is 23.9 Å². The maximum absolute atomic E-state index is 15.0. The number of pyridine rings is 1. The summed E-state index contributed by atoms with van der Waals surface area (Å²) in [4.78, 5) is 21.9. The SMILES string of the molecule is O=CC1CN(c2ccc(-n3cnc4cnc5ccc(Br)cc5c43)cc2F)CCN1. The Labute approximate surface area is 174 Å². The van der Waals surface area contributed by atoms with Gasteiger partial charge in [0.05, 0.1) is 34.6 Å². The van der Waals surface area contributed by atoms with Crippen LogP contribution in [0.1, 0.15) is 0 Å². The maximum atomic E-state index is 15.0. The molecule has 0 amide bonds. The number of nitrogens with zero attached hydrogens (tertiary/aromatic N) is 4. The summed E-state index contributed by atoms with van der Waals surface area (Å²) in [6, 6.07) is 10.7. The minimum atomic E-state index is -0.324. The number of aromatic nitrogens is 3. The molecule has 4 aromatic rings. The lowest BCUT2D eigenvalue weighted by molar-refractivity contribution is -0.109. The van der Waals surface area contributed by atoms with E-state index in [4.69, 9.17) is 0 Å². The van der Waals surface area contributed by atoms with Crippen molar-refractivity contribution >= 4 is 49.8 Å². The first-order valence-corrected chi connectivity index (χ1v) is 10.1. The highest BCUT2D eigenvalue weighted by atomic mass is 79.9. The maximum Gasteiger partial charge on any atom is 0.148 e. The standard InChI is InChI=1S/C21H17BrFN5O/c22-13-1-3-18-16(7-13)21-19(9-25-18)26-12-28(21)15-2-4-20(17(23)8-15)27-6-5-24-14(10-27)11-29/h1-4,7-9,11-12,14,24H,5-6,10H2. The summed E-state index contributed by atoms with van der Waals surface area (Å²) < 4.78 is 17.9. The van der Waals surface area contributed by atoms with Crippen LogP contribution >= 0.6 is 15.9 Å². The number of anilines is 1. The number of hydrogen-bond donors (Lipinski definition) is 1. The second-order valence-electron chi connectivity index (χ2n) is 7.05. The average molecular weight is 454 g/mol. The molecule has 8 heteroatoms. The monoisotopic (exact) mass is 453 g/mol. The Morgan fingerprint density at radius 2 is 2.07 bits per heavy atom. The molecule has 1 unspecified atom stereocenters. The van der Waals surface area contributed by atoms with E-state index < -0.39 is 0 Å². The van der Waals surface area contributed by atoms with E-state index in [1.807, 2.05) is 33.7 Å². The first-order valence-electron chi connectivity index (χ1n) is 9.29. The second-order valence-corrected chi connectivity index (χ2v) is 7.96. The topological polar surface area (TPSA) is 63.1 Å². The van der Waals surface area contributed by atoms with E-state index in [9.17, 15) is 4.79 Å². The number of carbonyl (C=O) groups is 1. The molecule has 1 N–H and O–H groups in total. The Morgan fingerprint density at radius 3 is 2.90 bits per heavy atom. The summed E-state index contributed by atoms with van der Waals surface area (Å²) in [5.74, 6) is -0.324. The zero-order valence-corrected chi connectivity index (χ0v) is 16.9. The molecule has 2 aromatic carbocycles. The molecular formula is C21H17BrFN5O. The molecule has 1 aliphatic rings. The fourth-order valence-corrected chi connectivity index (χ4v) is 4.21. The van der Waals surface area contributed by atoms with Crippen LogP contribution in [0, 0.1) is 5.82 Å². The number of piperazine rings is 1.